The van der Waals surface area contributed by atoms with Crippen LogP contribution >= 0.6 is 0 Å². The minimum atomic E-state index is -3.86. The van der Waals surface area contributed by atoms with E-state index in [2.05, 4.69) is 19.2 Å². The van der Waals surface area contributed by atoms with Gasteiger partial charge in [0.2, 0.25) is 15.9 Å². The van der Waals surface area contributed by atoms with Gasteiger partial charge < -0.3 is 14.8 Å². The molecule has 1 heterocycles. The number of carbonyl (C=O) groups excluding carboxylic acids is 1. The number of amides is 1. The number of ether oxygens (including phenoxy) is 2. The fourth-order valence-electron chi connectivity index (χ4n) is 3.10. The molecular formula is C22H28N2O5S. The highest BCUT2D eigenvalue weighted by molar-refractivity contribution is 7.89. The van der Waals surface area contributed by atoms with E-state index in [0.29, 0.717) is 36.3 Å². The lowest BCUT2D eigenvalue weighted by Gasteiger charge is -2.18. The monoisotopic (exact) mass is 432 g/mol. The molecule has 0 aromatic heterocycles. The van der Waals surface area contributed by atoms with Gasteiger partial charge in [-0.3, -0.25) is 4.79 Å². The van der Waals surface area contributed by atoms with Crippen LogP contribution in [0.25, 0.3) is 0 Å². The molecule has 1 N–H and O–H groups in total. The van der Waals surface area contributed by atoms with Gasteiger partial charge in [0.15, 0.2) is 11.5 Å². The number of rotatable bonds is 7. The highest BCUT2D eigenvalue weighted by Gasteiger charge is 2.25. The predicted molar refractivity (Wildman–Crippen MR) is 116 cm³/mol. The van der Waals surface area contributed by atoms with E-state index in [1.54, 1.807) is 6.07 Å². The highest BCUT2D eigenvalue weighted by Crippen LogP contribution is 2.32. The molecule has 1 atom stereocenters. The Hall–Kier alpha value is -2.58. The van der Waals surface area contributed by atoms with Crippen molar-refractivity contribution in [3.63, 3.8) is 0 Å². The Morgan fingerprint density at radius 2 is 1.77 bits per heavy atom. The summed E-state index contributed by atoms with van der Waals surface area (Å²) in [6.45, 7) is 4.96. The lowest BCUT2D eigenvalue weighted by Crippen LogP contribution is -2.35. The first kappa shape index (κ1) is 22.1. The van der Waals surface area contributed by atoms with Gasteiger partial charge in [0.25, 0.3) is 0 Å². The average molecular weight is 433 g/mol. The summed E-state index contributed by atoms with van der Waals surface area (Å²) < 4.78 is 37.9. The van der Waals surface area contributed by atoms with Gasteiger partial charge >= 0.3 is 0 Å². The van der Waals surface area contributed by atoms with Crippen molar-refractivity contribution in [2.45, 2.75) is 37.5 Å². The molecule has 0 saturated heterocycles. The molecule has 1 aliphatic heterocycles. The van der Waals surface area contributed by atoms with Crippen LogP contribution in [0.3, 0.4) is 0 Å². The summed E-state index contributed by atoms with van der Waals surface area (Å²) in [4.78, 5) is 12.4. The standard InChI is InChI=1S/C22H28N2O5S/c1-4-16(2)17-6-8-18(9-7-17)23-22(25)15-24(3)30(26,27)19-10-11-20-21(14-19)29-13-5-12-28-20/h6-11,14,16H,4-5,12-13,15H2,1-3H3,(H,23,25). The summed E-state index contributed by atoms with van der Waals surface area (Å²) in [6, 6.07) is 12.1. The smallest absolute Gasteiger partial charge is 0.243 e. The molecule has 0 spiro atoms. The molecule has 30 heavy (non-hydrogen) atoms. The summed E-state index contributed by atoms with van der Waals surface area (Å²) in [5, 5.41) is 2.75. The Kier molecular flexibility index (Phi) is 6.99. The van der Waals surface area contributed by atoms with Crippen molar-refractivity contribution in [1.29, 1.82) is 0 Å². The Labute approximate surface area is 178 Å². The Bertz CT molecular complexity index is 989. The molecule has 7 nitrogen and oxygen atoms in total. The summed E-state index contributed by atoms with van der Waals surface area (Å²) in [6.07, 6.45) is 1.77. The normalized spacial score (nSPS) is 14.8. The molecule has 0 bridgehead atoms. The first-order chi connectivity index (χ1) is 14.3. The SMILES string of the molecule is CCC(C)c1ccc(NC(=O)CN(C)S(=O)(=O)c2ccc3c(c2)OCCCO3)cc1. The maximum absolute atomic E-state index is 12.9. The molecule has 162 valence electrons. The molecule has 3 rings (SSSR count). The van der Waals surface area contributed by atoms with Crippen molar-refractivity contribution in [2.75, 3.05) is 32.1 Å². The van der Waals surface area contributed by atoms with Crippen molar-refractivity contribution in [1.82, 2.24) is 4.31 Å². The van der Waals surface area contributed by atoms with Crippen LogP contribution in [0.4, 0.5) is 5.69 Å². The first-order valence-corrected chi connectivity index (χ1v) is 11.5. The topological polar surface area (TPSA) is 84.9 Å². The van der Waals surface area contributed by atoms with Gasteiger partial charge in [0.05, 0.1) is 24.7 Å². The number of sulfonamides is 1. The van der Waals surface area contributed by atoms with E-state index in [4.69, 9.17) is 9.47 Å². The Morgan fingerprint density at radius 1 is 1.10 bits per heavy atom. The van der Waals surface area contributed by atoms with E-state index in [9.17, 15) is 13.2 Å². The molecule has 8 heteroatoms. The van der Waals surface area contributed by atoms with E-state index in [0.717, 1.165) is 17.1 Å². The van der Waals surface area contributed by atoms with Crippen molar-refractivity contribution < 1.29 is 22.7 Å². The third kappa shape index (κ3) is 5.12. The predicted octanol–water partition coefficient (Wildman–Crippen LogP) is 3.62. The van der Waals surface area contributed by atoms with E-state index >= 15 is 0 Å². The molecule has 2 aromatic rings. The summed E-state index contributed by atoms with van der Waals surface area (Å²) in [5.74, 6) is 0.952. The minimum Gasteiger partial charge on any atom is -0.490 e. The second-order valence-electron chi connectivity index (χ2n) is 7.40. The number of benzene rings is 2. The van der Waals surface area contributed by atoms with Crippen LogP contribution in [-0.2, 0) is 14.8 Å². The van der Waals surface area contributed by atoms with Gasteiger partial charge in [-0.2, -0.15) is 4.31 Å². The molecule has 0 fully saturated rings. The van der Waals surface area contributed by atoms with Crippen LogP contribution in [0.2, 0.25) is 0 Å². The number of nitrogens with one attached hydrogen (secondary N) is 1. The minimum absolute atomic E-state index is 0.0555. The molecular weight excluding hydrogens is 404 g/mol. The molecule has 0 aliphatic carbocycles. The maximum atomic E-state index is 12.9. The number of fused-ring (bicyclic) bond motifs is 1. The number of carbonyl (C=O) groups is 1. The van der Waals surface area contributed by atoms with Crippen LogP contribution in [0.1, 0.15) is 38.2 Å². The zero-order chi connectivity index (χ0) is 21.7. The fourth-order valence-corrected chi connectivity index (χ4v) is 4.25. The molecule has 2 aromatic carbocycles. The number of likely N-dealkylation sites (N-methyl/N-ethyl adjacent to an activating group) is 1. The molecule has 0 saturated carbocycles. The van der Waals surface area contributed by atoms with Crippen molar-refractivity contribution in [2.24, 2.45) is 0 Å². The summed E-state index contributed by atoms with van der Waals surface area (Å²) in [5.41, 5.74) is 1.83. The summed E-state index contributed by atoms with van der Waals surface area (Å²) >= 11 is 0. The lowest BCUT2D eigenvalue weighted by atomic mass is 9.99. The Morgan fingerprint density at radius 3 is 2.43 bits per heavy atom. The van der Waals surface area contributed by atoms with Crippen molar-refractivity contribution in [3.8, 4) is 11.5 Å². The number of anilines is 1. The second kappa shape index (κ2) is 9.49. The van der Waals surface area contributed by atoms with Gasteiger partial charge in [-0.15, -0.1) is 0 Å². The average Bonchev–Trinajstić information content (AvgIpc) is 2.98. The van der Waals surface area contributed by atoms with Crippen molar-refractivity contribution >= 4 is 21.6 Å². The zero-order valence-electron chi connectivity index (χ0n) is 17.6. The van der Waals surface area contributed by atoms with Crippen LogP contribution in [-0.4, -0.2) is 45.4 Å². The largest absolute Gasteiger partial charge is 0.490 e. The second-order valence-corrected chi connectivity index (χ2v) is 9.44. The molecule has 0 radical (unpaired) electrons. The van der Waals surface area contributed by atoms with Crippen LogP contribution in [0.5, 0.6) is 11.5 Å². The van der Waals surface area contributed by atoms with Gasteiger partial charge in [-0.1, -0.05) is 26.0 Å². The maximum Gasteiger partial charge on any atom is 0.243 e. The van der Waals surface area contributed by atoms with E-state index < -0.39 is 15.9 Å². The lowest BCUT2D eigenvalue weighted by molar-refractivity contribution is -0.116. The van der Waals surface area contributed by atoms with Crippen molar-refractivity contribution in [3.05, 3.63) is 48.0 Å². The van der Waals surface area contributed by atoms with E-state index in [1.807, 2.05) is 24.3 Å². The number of hydrogen-bond donors (Lipinski definition) is 1. The molecule has 1 amide bonds. The van der Waals surface area contributed by atoms with Crippen LogP contribution in [0.15, 0.2) is 47.4 Å². The molecule has 1 unspecified atom stereocenters. The quantitative estimate of drug-likeness (QED) is 0.722. The first-order valence-electron chi connectivity index (χ1n) is 10.1. The summed E-state index contributed by atoms with van der Waals surface area (Å²) in [7, 11) is -2.48. The zero-order valence-corrected chi connectivity index (χ0v) is 18.4. The van der Waals surface area contributed by atoms with Gasteiger partial charge in [-0.05, 0) is 42.2 Å². The van der Waals surface area contributed by atoms with Crippen LogP contribution in [0, 0.1) is 0 Å². The van der Waals surface area contributed by atoms with Crippen LogP contribution < -0.4 is 14.8 Å². The number of hydrogen-bond acceptors (Lipinski definition) is 5. The van der Waals surface area contributed by atoms with Gasteiger partial charge in [0, 0.05) is 25.2 Å². The fraction of sp³-hybridized carbons (Fsp3) is 0.409. The Balaban J connectivity index is 1.66. The highest BCUT2D eigenvalue weighted by atomic mass is 32.2. The van der Waals surface area contributed by atoms with E-state index in [-0.39, 0.29) is 11.4 Å². The number of nitrogens with zero attached hydrogens (tertiary/aromatic N) is 1. The third-order valence-electron chi connectivity index (χ3n) is 5.17. The van der Waals surface area contributed by atoms with E-state index in [1.165, 1.54) is 24.7 Å². The van der Waals surface area contributed by atoms with Gasteiger partial charge in [0.1, 0.15) is 0 Å². The third-order valence-corrected chi connectivity index (χ3v) is 6.97. The van der Waals surface area contributed by atoms with Gasteiger partial charge in [-0.25, -0.2) is 8.42 Å². The molecule has 1 aliphatic rings.